The molecule has 5 rings (SSSR count). The van der Waals surface area contributed by atoms with E-state index in [1.807, 2.05) is 18.2 Å². The van der Waals surface area contributed by atoms with E-state index in [4.69, 9.17) is 9.47 Å². The molecule has 1 aliphatic carbocycles. The Morgan fingerprint density at radius 3 is 3.00 bits per heavy atom. The number of nitrogens with zero attached hydrogens (tertiary/aromatic N) is 2. The van der Waals surface area contributed by atoms with Gasteiger partial charge in [0, 0.05) is 31.2 Å². The number of benzene rings is 1. The molecule has 0 bridgehead atoms. The molecular weight excluding hydrogens is 408 g/mol. The van der Waals surface area contributed by atoms with Crippen molar-refractivity contribution >= 4 is 54.6 Å². The lowest BCUT2D eigenvalue weighted by molar-refractivity contribution is -0.0714. The minimum Gasteiger partial charge on any atom is -0.382 e. The number of fused-ring (bicyclic) bond motifs is 4. The highest BCUT2D eigenvalue weighted by atomic mass is 32.1. The maximum Gasteiger partial charge on any atom is 0.305 e. The number of thiophene rings is 1. The van der Waals surface area contributed by atoms with Gasteiger partial charge in [-0.05, 0) is 36.6 Å². The van der Waals surface area contributed by atoms with E-state index < -0.39 is 0 Å². The summed E-state index contributed by atoms with van der Waals surface area (Å²) in [5.41, 5.74) is 2.76. The van der Waals surface area contributed by atoms with E-state index in [2.05, 4.69) is 20.3 Å². The third kappa shape index (κ3) is 3.24. The number of methoxy groups -OCH3 is 2. The second-order valence-corrected chi connectivity index (χ2v) is 9.35. The molecular formula is C20H20N4O3S2. The summed E-state index contributed by atoms with van der Waals surface area (Å²) in [4.78, 5) is 25.7. The molecule has 0 aliphatic heterocycles. The van der Waals surface area contributed by atoms with Crippen molar-refractivity contribution in [2.45, 2.75) is 24.9 Å². The van der Waals surface area contributed by atoms with Gasteiger partial charge >= 0.3 is 4.87 Å². The van der Waals surface area contributed by atoms with Crippen LogP contribution in [0.15, 0.2) is 29.3 Å². The van der Waals surface area contributed by atoms with Crippen LogP contribution in [0.25, 0.3) is 20.4 Å². The zero-order valence-corrected chi connectivity index (χ0v) is 17.7. The van der Waals surface area contributed by atoms with E-state index in [0.717, 1.165) is 51.2 Å². The number of ether oxygens (including phenoxy) is 2. The van der Waals surface area contributed by atoms with Crippen LogP contribution in [0.3, 0.4) is 0 Å². The second-order valence-electron chi connectivity index (χ2n) is 7.25. The van der Waals surface area contributed by atoms with Crippen LogP contribution in [0.5, 0.6) is 0 Å². The van der Waals surface area contributed by atoms with Crippen LogP contribution in [0.4, 0.5) is 11.5 Å². The maximum atomic E-state index is 11.6. The number of rotatable bonds is 5. The predicted octanol–water partition coefficient (Wildman–Crippen LogP) is 3.86. The van der Waals surface area contributed by atoms with E-state index in [1.54, 1.807) is 31.9 Å². The fraction of sp³-hybridized carbons (Fsp3) is 0.350. The Morgan fingerprint density at radius 1 is 1.28 bits per heavy atom. The van der Waals surface area contributed by atoms with E-state index in [-0.39, 0.29) is 10.5 Å². The van der Waals surface area contributed by atoms with Crippen molar-refractivity contribution in [1.82, 2.24) is 15.0 Å². The number of thiazole rings is 1. The predicted molar refractivity (Wildman–Crippen MR) is 117 cm³/mol. The van der Waals surface area contributed by atoms with Gasteiger partial charge in [0.15, 0.2) is 0 Å². The number of nitrogens with one attached hydrogen (secondary N) is 2. The molecule has 29 heavy (non-hydrogen) atoms. The van der Waals surface area contributed by atoms with E-state index >= 15 is 0 Å². The van der Waals surface area contributed by atoms with E-state index in [0.29, 0.717) is 6.61 Å². The Bertz CT molecular complexity index is 1260. The van der Waals surface area contributed by atoms with Gasteiger partial charge in [0.2, 0.25) is 0 Å². The maximum absolute atomic E-state index is 11.6. The van der Waals surface area contributed by atoms with Crippen molar-refractivity contribution in [2.24, 2.45) is 0 Å². The fourth-order valence-corrected chi connectivity index (χ4v) is 6.14. The molecule has 1 aromatic carbocycles. The zero-order chi connectivity index (χ0) is 20.0. The van der Waals surface area contributed by atoms with Gasteiger partial charge in [-0.25, -0.2) is 9.97 Å². The first-order valence-electron chi connectivity index (χ1n) is 9.30. The lowest BCUT2D eigenvalue weighted by atomic mass is 9.84. The minimum absolute atomic E-state index is 0.0498. The molecule has 4 aromatic rings. The summed E-state index contributed by atoms with van der Waals surface area (Å²) in [5, 5.41) is 4.52. The van der Waals surface area contributed by atoms with E-state index in [1.165, 1.54) is 21.8 Å². The molecule has 0 fully saturated rings. The van der Waals surface area contributed by atoms with Crippen LogP contribution in [0, 0.1) is 0 Å². The third-order valence-electron chi connectivity index (χ3n) is 5.51. The topological polar surface area (TPSA) is 89.1 Å². The van der Waals surface area contributed by atoms with Gasteiger partial charge in [0.25, 0.3) is 0 Å². The molecule has 9 heteroatoms. The molecule has 1 aliphatic rings. The van der Waals surface area contributed by atoms with E-state index in [9.17, 15) is 4.79 Å². The van der Waals surface area contributed by atoms with Crippen LogP contribution in [-0.2, 0) is 22.3 Å². The fourth-order valence-electron chi connectivity index (χ4n) is 4.05. The highest BCUT2D eigenvalue weighted by Crippen LogP contribution is 2.42. The molecule has 1 unspecified atom stereocenters. The van der Waals surface area contributed by atoms with Crippen molar-refractivity contribution in [3.63, 3.8) is 0 Å². The van der Waals surface area contributed by atoms with Crippen molar-refractivity contribution in [2.75, 3.05) is 26.1 Å². The first-order valence-corrected chi connectivity index (χ1v) is 10.9. The number of aryl methyl sites for hydroxylation is 1. The summed E-state index contributed by atoms with van der Waals surface area (Å²) in [5.74, 6) is 0.798. The first-order chi connectivity index (χ1) is 14.1. The van der Waals surface area contributed by atoms with Gasteiger partial charge in [0.1, 0.15) is 17.0 Å². The molecule has 0 amide bonds. The average Bonchev–Trinajstić information content (AvgIpc) is 3.27. The third-order valence-corrected chi connectivity index (χ3v) is 7.49. The molecule has 0 spiro atoms. The lowest BCUT2D eigenvalue weighted by Gasteiger charge is -2.35. The van der Waals surface area contributed by atoms with Gasteiger partial charge in [-0.2, -0.15) is 0 Å². The van der Waals surface area contributed by atoms with Crippen LogP contribution >= 0.6 is 22.7 Å². The average molecular weight is 429 g/mol. The van der Waals surface area contributed by atoms with Gasteiger partial charge < -0.3 is 19.8 Å². The molecule has 0 saturated carbocycles. The molecule has 7 nitrogen and oxygen atoms in total. The number of hydrogen-bond donors (Lipinski definition) is 2. The van der Waals surface area contributed by atoms with Gasteiger partial charge in [0.05, 0.1) is 27.8 Å². The smallest absolute Gasteiger partial charge is 0.305 e. The quantitative estimate of drug-likeness (QED) is 0.502. The normalized spacial score (nSPS) is 19.0. The van der Waals surface area contributed by atoms with Crippen LogP contribution in [0.1, 0.15) is 16.9 Å². The van der Waals surface area contributed by atoms with Crippen molar-refractivity contribution in [1.29, 1.82) is 0 Å². The van der Waals surface area contributed by atoms with Crippen LogP contribution in [-0.4, -0.2) is 41.4 Å². The van der Waals surface area contributed by atoms with Gasteiger partial charge in [-0.15, -0.1) is 11.3 Å². The highest BCUT2D eigenvalue weighted by Gasteiger charge is 2.37. The zero-order valence-electron chi connectivity index (χ0n) is 16.1. The largest absolute Gasteiger partial charge is 0.382 e. The summed E-state index contributed by atoms with van der Waals surface area (Å²) < 4.78 is 12.2. The van der Waals surface area contributed by atoms with Crippen molar-refractivity contribution in [3.8, 4) is 0 Å². The Labute approximate surface area is 174 Å². The summed E-state index contributed by atoms with van der Waals surface area (Å²) in [6, 6.07) is 5.83. The Morgan fingerprint density at radius 2 is 2.17 bits per heavy atom. The number of aromatic nitrogens is 3. The molecule has 3 aromatic heterocycles. The number of H-pyrrole nitrogens is 1. The monoisotopic (exact) mass is 428 g/mol. The second kappa shape index (κ2) is 7.17. The lowest BCUT2D eigenvalue weighted by Crippen LogP contribution is -2.41. The highest BCUT2D eigenvalue weighted by molar-refractivity contribution is 7.19. The molecule has 0 saturated heterocycles. The first kappa shape index (κ1) is 18.7. The Kier molecular flexibility index (Phi) is 4.62. The van der Waals surface area contributed by atoms with Gasteiger partial charge in [-0.3, -0.25) is 4.79 Å². The van der Waals surface area contributed by atoms with Crippen LogP contribution < -0.4 is 10.2 Å². The summed E-state index contributed by atoms with van der Waals surface area (Å²) in [7, 11) is 3.47. The van der Waals surface area contributed by atoms with Crippen LogP contribution in [0.2, 0.25) is 0 Å². The SMILES string of the molecule is COCC1(OC)CCc2c(sc3ncnc(Nc4ccc5[nH]c(=O)sc5c4)c23)C1. The number of hydrogen-bond acceptors (Lipinski definition) is 8. The Balaban J connectivity index is 1.54. The number of aromatic amines is 1. The number of anilines is 2. The molecule has 0 radical (unpaired) electrons. The summed E-state index contributed by atoms with van der Waals surface area (Å²) in [6.45, 7) is 0.577. The van der Waals surface area contributed by atoms with Crippen molar-refractivity contribution in [3.05, 3.63) is 44.6 Å². The summed E-state index contributed by atoms with van der Waals surface area (Å²) in [6.07, 6.45) is 4.20. The van der Waals surface area contributed by atoms with Gasteiger partial charge in [-0.1, -0.05) is 11.3 Å². The van der Waals surface area contributed by atoms with Crippen molar-refractivity contribution < 1.29 is 9.47 Å². The summed E-state index contributed by atoms with van der Waals surface area (Å²) >= 11 is 2.91. The standard InChI is InChI=1S/C20H20N4O3S2/c1-26-9-20(27-2)6-5-12-15(8-20)28-18-16(12)17(21-10-22-18)23-11-3-4-13-14(7-11)29-19(25)24-13/h3-4,7,10H,5-6,8-9H2,1-2H3,(H,24,25)(H,21,22,23). The Hall–Kier alpha value is -2.33. The molecule has 2 N–H and O–H groups in total. The molecule has 150 valence electrons. The molecule has 3 heterocycles. The minimum atomic E-state index is -0.277. The molecule has 1 atom stereocenters.